The van der Waals surface area contributed by atoms with E-state index in [1.165, 1.54) is 24.8 Å². The lowest BCUT2D eigenvalue weighted by molar-refractivity contribution is -0.115. The Morgan fingerprint density at radius 3 is 2.93 bits per heavy atom. The molecule has 1 atom stereocenters. The summed E-state index contributed by atoms with van der Waals surface area (Å²) in [6.07, 6.45) is 8.66. The molecule has 0 aliphatic heterocycles. The van der Waals surface area contributed by atoms with Crippen molar-refractivity contribution in [2.24, 2.45) is 5.92 Å². The van der Waals surface area contributed by atoms with E-state index in [1.807, 2.05) is 0 Å². The molecule has 0 radical (unpaired) electrons. The van der Waals surface area contributed by atoms with Crippen LogP contribution in [0.25, 0.3) is 0 Å². The fraction of sp³-hybridized carbons (Fsp3) is 0.615. The predicted octanol–water partition coefficient (Wildman–Crippen LogP) is 4.42. The molecule has 0 amide bonds. The predicted molar refractivity (Wildman–Crippen MR) is 73.1 cm³/mol. The minimum absolute atomic E-state index is 0.299. The second-order valence-electron chi connectivity index (χ2n) is 4.20. The van der Waals surface area contributed by atoms with Gasteiger partial charge in [-0.1, -0.05) is 38.0 Å². The molecule has 1 rings (SSSR count). The summed E-state index contributed by atoms with van der Waals surface area (Å²) >= 11 is 2.15. The van der Waals surface area contributed by atoms with E-state index in [1.54, 1.807) is 0 Å². The van der Waals surface area contributed by atoms with E-state index >= 15 is 0 Å². The van der Waals surface area contributed by atoms with Gasteiger partial charge in [0.25, 0.3) is 0 Å². The van der Waals surface area contributed by atoms with Gasteiger partial charge in [0, 0.05) is 6.42 Å². The molecule has 0 aromatic heterocycles. The average molecular weight is 318 g/mol. The van der Waals surface area contributed by atoms with Crippen LogP contribution in [0.2, 0.25) is 0 Å². The van der Waals surface area contributed by atoms with Gasteiger partial charge in [-0.2, -0.15) is 0 Å². The van der Waals surface area contributed by atoms with Crippen LogP contribution in [0.4, 0.5) is 0 Å². The van der Waals surface area contributed by atoms with Gasteiger partial charge in [0.05, 0.1) is 3.58 Å². The van der Waals surface area contributed by atoms with Crippen LogP contribution >= 0.6 is 22.6 Å². The van der Waals surface area contributed by atoms with Crippen LogP contribution in [0, 0.1) is 5.92 Å². The molecule has 15 heavy (non-hydrogen) atoms. The molecule has 0 heterocycles. The summed E-state index contributed by atoms with van der Waals surface area (Å²) in [5.41, 5.74) is 1.31. The van der Waals surface area contributed by atoms with Gasteiger partial charge in [-0.15, -0.1) is 0 Å². The molecular formula is C13H19IO. The van der Waals surface area contributed by atoms with E-state index in [9.17, 15) is 4.79 Å². The second kappa shape index (κ2) is 6.46. The van der Waals surface area contributed by atoms with Crippen molar-refractivity contribution in [3.63, 3.8) is 0 Å². The lowest BCUT2D eigenvalue weighted by Gasteiger charge is -2.20. The number of hydrogen-bond acceptors (Lipinski definition) is 1. The SMILES string of the molecule is C=C(CCCCC)[C@H]1C=C(I)C(=O)CC1. The molecule has 0 spiro atoms. The van der Waals surface area contributed by atoms with Gasteiger partial charge in [-0.25, -0.2) is 0 Å². The maximum absolute atomic E-state index is 11.3. The van der Waals surface area contributed by atoms with Crippen molar-refractivity contribution in [1.29, 1.82) is 0 Å². The third-order valence-corrected chi connectivity index (χ3v) is 3.88. The molecular weight excluding hydrogens is 299 g/mol. The number of Topliss-reactive ketones (excluding diaryl/α,β-unsaturated/α-hetero) is 1. The normalized spacial score (nSPS) is 21.3. The summed E-state index contributed by atoms with van der Waals surface area (Å²) in [4.78, 5) is 11.3. The smallest absolute Gasteiger partial charge is 0.168 e. The van der Waals surface area contributed by atoms with Crippen molar-refractivity contribution in [1.82, 2.24) is 0 Å². The highest BCUT2D eigenvalue weighted by atomic mass is 127. The van der Waals surface area contributed by atoms with Crippen molar-refractivity contribution in [2.75, 3.05) is 0 Å². The van der Waals surface area contributed by atoms with Crippen molar-refractivity contribution in [3.05, 3.63) is 21.8 Å². The Kier molecular flexibility index (Phi) is 5.58. The van der Waals surface area contributed by atoms with Crippen LogP contribution in [-0.2, 0) is 4.79 Å². The third-order valence-electron chi connectivity index (χ3n) is 2.92. The van der Waals surface area contributed by atoms with E-state index in [-0.39, 0.29) is 0 Å². The topological polar surface area (TPSA) is 17.1 Å². The first-order valence-electron chi connectivity index (χ1n) is 5.73. The van der Waals surface area contributed by atoms with Crippen molar-refractivity contribution < 1.29 is 4.79 Å². The fourth-order valence-corrected chi connectivity index (χ4v) is 2.57. The number of carbonyl (C=O) groups excluding carboxylic acids is 1. The van der Waals surface area contributed by atoms with Crippen LogP contribution in [0.1, 0.15) is 45.4 Å². The van der Waals surface area contributed by atoms with Crippen LogP contribution < -0.4 is 0 Å². The lowest BCUT2D eigenvalue weighted by Crippen LogP contribution is -2.12. The van der Waals surface area contributed by atoms with Gasteiger partial charge < -0.3 is 0 Å². The molecule has 0 N–H and O–H groups in total. The van der Waals surface area contributed by atoms with Crippen molar-refractivity contribution >= 4 is 28.4 Å². The number of carbonyl (C=O) groups is 1. The van der Waals surface area contributed by atoms with Gasteiger partial charge in [0.2, 0.25) is 0 Å². The summed E-state index contributed by atoms with van der Waals surface area (Å²) < 4.78 is 0.903. The fourth-order valence-electron chi connectivity index (χ4n) is 1.87. The third kappa shape index (κ3) is 4.09. The summed E-state index contributed by atoms with van der Waals surface area (Å²) in [6, 6.07) is 0. The maximum atomic E-state index is 11.3. The number of ketones is 1. The number of rotatable bonds is 5. The molecule has 1 aliphatic carbocycles. The van der Waals surface area contributed by atoms with Crippen molar-refractivity contribution in [2.45, 2.75) is 45.4 Å². The number of unbranched alkanes of at least 4 members (excludes halogenated alkanes) is 2. The minimum Gasteiger partial charge on any atom is -0.294 e. The Labute approximate surface area is 106 Å². The largest absolute Gasteiger partial charge is 0.294 e. The average Bonchev–Trinajstić information content (AvgIpc) is 2.22. The Morgan fingerprint density at radius 1 is 1.60 bits per heavy atom. The zero-order valence-corrected chi connectivity index (χ0v) is 11.5. The molecule has 0 saturated carbocycles. The monoisotopic (exact) mass is 318 g/mol. The Bertz CT molecular complexity index is 278. The quantitative estimate of drug-likeness (QED) is 0.417. The Balaban J connectivity index is 2.44. The number of hydrogen-bond donors (Lipinski definition) is 0. The molecule has 0 unspecified atom stereocenters. The van der Waals surface area contributed by atoms with E-state index in [0.29, 0.717) is 18.1 Å². The number of halogens is 1. The Morgan fingerprint density at radius 2 is 2.33 bits per heavy atom. The van der Waals surface area contributed by atoms with Crippen molar-refractivity contribution in [3.8, 4) is 0 Å². The van der Waals surface area contributed by atoms with E-state index in [4.69, 9.17) is 0 Å². The first-order valence-corrected chi connectivity index (χ1v) is 6.81. The first kappa shape index (κ1) is 12.9. The summed E-state index contributed by atoms with van der Waals surface area (Å²) in [7, 11) is 0. The Hall–Kier alpha value is -0.120. The van der Waals surface area contributed by atoms with E-state index < -0.39 is 0 Å². The molecule has 0 bridgehead atoms. The second-order valence-corrected chi connectivity index (χ2v) is 5.36. The molecule has 2 heteroatoms. The van der Waals surface area contributed by atoms with Crippen LogP contribution in [0.15, 0.2) is 21.8 Å². The zero-order valence-electron chi connectivity index (χ0n) is 9.39. The van der Waals surface area contributed by atoms with Crippen LogP contribution in [0.3, 0.4) is 0 Å². The number of allylic oxidation sites excluding steroid dienone is 3. The highest BCUT2D eigenvalue weighted by molar-refractivity contribution is 14.1. The van der Waals surface area contributed by atoms with E-state index in [0.717, 1.165) is 16.4 Å². The van der Waals surface area contributed by atoms with Gasteiger partial charge in [-0.05, 0) is 47.8 Å². The summed E-state index contributed by atoms with van der Waals surface area (Å²) in [5.74, 6) is 0.750. The van der Waals surface area contributed by atoms with E-state index in [2.05, 4.69) is 42.2 Å². The summed E-state index contributed by atoms with van der Waals surface area (Å²) in [5, 5.41) is 0. The molecule has 1 aliphatic rings. The molecule has 0 saturated heterocycles. The molecule has 0 fully saturated rings. The standard InChI is InChI=1S/C13H19IO/c1-3-4-5-6-10(2)11-7-8-13(15)12(14)9-11/h9,11H,2-8H2,1H3/t11-/m1/s1. The maximum Gasteiger partial charge on any atom is 0.168 e. The van der Waals surface area contributed by atoms with Gasteiger partial charge >= 0.3 is 0 Å². The van der Waals surface area contributed by atoms with Gasteiger partial charge in [0.1, 0.15) is 0 Å². The van der Waals surface area contributed by atoms with Gasteiger partial charge in [-0.3, -0.25) is 4.79 Å². The highest BCUT2D eigenvalue weighted by Crippen LogP contribution is 2.30. The first-order chi connectivity index (χ1) is 7.15. The molecule has 0 aromatic carbocycles. The molecule has 1 nitrogen and oxygen atoms in total. The van der Waals surface area contributed by atoms with Crippen LogP contribution in [0.5, 0.6) is 0 Å². The van der Waals surface area contributed by atoms with Gasteiger partial charge in [0.15, 0.2) is 5.78 Å². The summed E-state index contributed by atoms with van der Waals surface area (Å²) in [6.45, 7) is 6.36. The molecule has 0 aromatic rings. The van der Waals surface area contributed by atoms with Crippen LogP contribution in [-0.4, -0.2) is 5.78 Å². The highest BCUT2D eigenvalue weighted by Gasteiger charge is 2.20. The molecule has 84 valence electrons. The minimum atomic E-state index is 0.299. The lowest BCUT2D eigenvalue weighted by atomic mass is 9.87. The zero-order chi connectivity index (χ0) is 11.3.